The molecular formula is C43H68N16O14. The zero-order valence-corrected chi connectivity index (χ0v) is 40.9. The summed E-state index contributed by atoms with van der Waals surface area (Å²) in [7, 11) is 0. The third-order valence-electron chi connectivity index (χ3n) is 10.7. The standard InChI is InChI=1S/C43H68N16O14/c1-21(2)35(59-40(70)28(9-11-34(64)65)55-37(67)22(3)52-33(63)17-49-38(68)31(18-60)53-23(4)61)43(73)58-30(14-25-16-48-20-51-25)42(72)57-29(13-24-15-47-19-50-24)41(71)56-27(8-10-32(45)62)39(69)54-26(36(46)66)7-5-6-12-44/h15-16,19-22,26-31,35,60H,5-14,17-18,44H2,1-4H3,(H2,45,62)(H2,46,66)(H,47,50)(H,48,51)(H,49,68)(H,52,63)(H,53,61)(H,54,69)(H,55,67)(H,56,71)(H,57,72)(H,58,73)(H,59,70)(H,64,65)/t22-,26-,27-,28-,29-,30-,31-,35-/m0/s1. The summed E-state index contributed by atoms with van der Waals surface area (Å²) in [6.07, 6.45) is 4.07. The molecule has 0 aromatic carbocycles. The fraction of sp³-hybridized carbons (Fsp3) is 0.581. The lowest BCUT2D eigenvalue weighted by atomic mass is 10.0. The minimum absolute atomic E-state index is 0.129. The molecule has 0 radical (unpaired) electrons. The number of aliphatic hydroxyl groups excluding tert-OH is 1. The van der Waals surface area contributed by atoms with Crippen LogP contribution in [0, 0.1) is 5.92 Å². The summed E-state index contributed by atoms with van der Waals surface area (Å²) in [5.74, 6) is -11.9. The maximum atomic E-state index is 14.3. The number of H-pyrrole nitrogens is 2. The average molecular weight is 1030 g/mol. The molecule has 0 unspecified atom stereocenters. The molecule has 0 aliphatic heterocycles. The van der Waals surface area contributed by atoms with E-state index in [2.05, 4.69) is 67.8 Å². The molecule has 0 saturated heterocycles. The third kappa shape index (κ3) is 22.7. The van der Waals surface area contributed by atoms with Gasteiger partial charge in [0.25, 0.3) is 0 Å². The molecule has 0 bridgehead atoms. The average Bonchev–Trinajstić information content (AvgIpc) is 4.05. The van der Waals surface area contributed by atoms with Crippen molar-refractivity contribution in [3.8, 4) is 0 Å². The predicted octanol–water partition coefficient (Wildman–Crippen LogP) is -6.65. The van der Waals surface area contributed by atoms with Crippen LogP contribution in [0.1, 0.15) is 84.0 Å². The number of hydrogen-bond donors (Lipinski definition) is 16. The number of rotatable bonds is 34. The van der Waals surface area contributed by atoms with Gasteiger partial charge >= 0.3 is 5.97 Å². The first-order valence-electron chi connectivity index (χ1n) is 23.2. The van der Waals surface area contributed by atoms with Crippen molar-refractivity contribution in [3.05, 3.63) is 36.4 Å². The Hall–Kier alpha value is -8.02. The molecule has 0 saturated carbocycles. The van der Waals surface area contributed by atoms with Crippen molar-refractivity contribution in [2.45, 2.75) is 134 Å². The van der Waals surface area contributed by atoms with Crippen LogP contribution in [0.25, 0.3) is 0 Å². The summed E-state index contributed by atoms with van der Waals surface area (Å²) in [5.41, 5.74) is 17.1. The van der Waals surface area contributed by atoms with Crippen molar-refractivity contribution in [2.75, 3.05) is 19.7 Å². The molecule has 404 valence electrons. The number of nitrogens with zero attached hydrogens (tertiary/aromatic N) is 2. The van der Waals surface area contributed by atoms with E-state index in [-0.39, 0.29) is 32.1 Å². The molecule has 73 heavy (non-hydrogen) atoms. The van der Waals surface area contributed by atoms with Crippen LogP contribution >= 0.6 is 0 Å². The minimum Gasteiger partial charge on any atom is -0.481 e. The Balaban J connectivity index is 2.36. The molecule has 19 N–H and O–H groups in total. The summed E-state index contributed by atoms with van der Waals surface area (Å²) in [4.78, 5) is 168. The molecule has 0 spiro atoms. The monoisotopic (exact) mass is 1030 g/mol. The van der Waals surface area contributed by atoms with Crippen molar-refractivity contribution in [1.82, 2.24) is 67.8 Å². The smallest absolute Gasteiger partial charge is 0.303 e. The van der Waals surface area contributed by atoms with Gasteiger partial charge in [0, 0.05) is 56.4 Å². The Kier molecular flexibility index (Phi) is 26.2. The van der Waals surface area contributed by atoms with Gasteiger partial charge < -0.3 is 85.2 Å². The van der Waals surface area contributed by atoms with Crippen molar-refractivity contribution in [1.29, 1.82) is 0 Å². The zero-order valence-electron chi connectivity index (χ0n) is 40.9. The van der Waals surface area contributed by atoms with Crippen LogP contribution in [0.5, 0.6) is 0 Å². The minimum atomic E-state index is -1.60. The van der Waals surface area contributed by atoms with Crippen LogP contribution in [0.15, 0.2) is 25.0 Å². The largest absolute Gasteiger partial charge is 0.481 e. The fourth-order valence-electron chi connectivity index (χ4n) is 6.77. The summed E-state index contributed by atoms with van der Waals surface area (Å²) >= 11 is 0. The van der Waals surface area contributed by atoms with E-state index in [1.54, 1.807) is 0 Å². The van der Waals surface area contributed by atoms with E-state index in [4.69, 9.17) is 17.2 Å². The van der Waals surface area contributed by atoms with Gasteiger partial charge in [-0.25, -0.2) is 9.97 Å². The van der Waals surface area contributed by atoms with E-state index < -0.39 is 151 Å². The second kappa shape index (κ2) is 31.3. The van der Waals surface area contributed by atoms with Gasteiger partial charge in [0.05, 0.1) is 25.8 Å². The number of aliphatic carboxylic acids is 1. The fourth-order valence-corrected chi connectivity index (χ4v) is 6.77. The third-order valence-corrected chi connectivity index (χ3v) is 10.7. The molecular weight excluding hydrogens is 965 g/mol. The molecule has 2 aromatic heterocycles. The number of aromatic nitrogens is 4. The van der Waals surface area contributed by atoms with E-state index in [1.807, 2.05) is 0 Å². The van der Waals surface area contributed by atoms with E-state index in [0.717, 1.165) is 6.92 Å². The lowest BCUT2D eigenvalue weighted by Gasteiger charge is -2.28. The first kappa shape index (κ1) is 61.1. The number of hydrogen-bond acceptors (Lipinski definition) is 16. The first-order chi connectivity index (χ1) is 34.4. The number of imidazole rings is 2. The van der Waals surface area contributed by atoms with Crippen LogP contribution in [-0.4, -0.2) is 169 Å². The second-order valence-electron chi connectivity index (χ2n) is 17.2. The highest BCUT2D eigenvalue weighted by molar-refractivity contribution is 5.98. The number of nitrogens with one attached hydrogen (secondary N) is 11. The molecule has 30 heteroatoms. The van der Waals surface area contributed by atoms with Gasteiger partial charge in [-0.2, -0.15) is 0 Å². The summed E-state index contributed by atoms with van der Waals surface area (Å²) in [6.45, 7) is 4.26. The normalized spacial score (nSPS) is 14.2. The maximum Gasteiger partial charge on any atom is 0.303 e. The number of aromatic amines is 2. The van der Waals surface area contributed by atoms with E-state index in [0.29, 0.717) is 30.8 Å². The van der Waals surface area contributed by atoms with Gasteiger partial charge in [0.1, 0.15) is 48.3 Å². The molecule has 0 aliphatic carbocycles. The number of carbonyl (C=O) groups is 12. The number of carboxylic acid groups (broad SMARTS) is 1. The lowest BCUT2D eigenvalue weighted by Crippen LogP contribution is -2.61. The molecule has 2 heterocycles. The lowest BCUT2D eigenvalue weighted by molar-refractivity contribution is -0.139. The van der Waals surface area contributed by atoms with Gasteiger partial charge in [0.15, 0.2) is 0 Å². The number of primary amides is 2. The van der Waals surface area contributed by atoms with Crippen LogP contribution in [-0.2, 0) is 70.4 Å². The Bertz CT molecular complexity index is 2210. The number of nitrogens with two attached hydrogens (primary N) is 3. The molecule has 8 atom stereocenters. The number of carbonyl (C=O) groups excluding carboxylic acids is 11. The second-order valence-corrected chi connectivity index (χ2v) is 17.2. The Morgan fingerprint density at radius 2 is 1.08 bits per heavy atom. The van der Waals surface area contributed by atoms with Crippen molar-refractivity contribution in [3.63, 3.8) is 0 Å². The molecule has 0 aliphatic rings. The van der Waals surface area contributed by atoms with Crippen molar-refractivity contribution in [2.24, 2.45) is 23.1 Å². The highest BCUT2D eigenvalue weighted by Crippen LogP contribution is 2.10. The van der Waals surface area contributed by atoms with Crippen LogP contribution < -0.4 is 65.1 Å². The molecule has 11 amide bonds. The molecule has 2 aromatic rings. The quantitative estimate of drug-likeness (QED) is 0.0290. The Morgan fingerprint density at radius 3 is 1.55 bits per heavy atom. The topological polar surface area (TPSA) is 489 Å². The van der Waals surface area contributed by atoms with E-state index >= 15 is 0 Å². The van der Waals surface area contributed by atoms with Crippen LogP contribution in [0.4, 0.5) is 0 Å². The number of unbranched alkanes of at least 4 members (excludes halogenated alkanes) is 1. The van der Waals surface area contributed by atoms with Crippen molar-refractivity contribution < 1.29 is 67.7 Å². The molecule has 0 fully saturated rings. The highest BCUT2D eigenvalue weighted by Gasteiger charge is 2.35. The van der Waals surface area contributed by atoms with Crippen LogP contribution in [0.3, 0.4) is 0 Å². The summed E-state index contributed by atoms with van der Waals surface area (Å²) in [5, 5.41) is 40.4. The molecule has 2 rings (SSSR count). The van der Waals surface area contributed by atoms with Gasteiger partial charge in [-0.3, -0.25) is 57.5 Å². The SMILES string of the molecule is CC(=O)N[C@@H](CO)C(=O)NCC(=O)N[C@@H](C)C(=O)N[C@@H](CCC(=O)O)C(=O)N[C@H](C(=O)N[C@@H](Cc1cnc[nH]1)C(=O)N[C@@H](Cc1cnc[nH]1)C(=O)N[C@@H](CCC(N)=O)C(=O)N[C@@H](CCCCN)C(N)=O)C(C)C. The molecule has 30 nitrogen and oxygen atoms in total. The number of amides is 11. The number of aliphatic hydroxyl groups is 1. The van der Waals surface area contributed by atoms with Gasteiger partial charge in [-0.15, -0.1) is 0 Å². The van der Waals surface area contributed by atoms with Crippen LogP contribution in [0.2, 0.25) is 0 Å². The maximum absolute atomic E-state index is 14.3. The summed E-state index contributed by atoms with van der Waals surface area (Å²) < 4.78 is 0. The number of carboxylic acids is 1. The van der Waals surface area contributed by atoms with Gasteiger partial charge in [-0.05, 0) is 51.5 Å². The Morgan fingerprint density at radius 1 is 0.589 bits per heavy atom. The highest BCUT2D eigenvalue weighted by atomic mass is 16.4. The predicted molar refractivity (Wildman–Crippen MR) is 254 cm³/mol. The van der Waals surface area contributed by atoms with Gasteiger partial charge in [0.2, 0.25) is 65.0 Å². The summed E-state index contributed by atoms with van der Waals surface area (Å²) in [6, 6.07) is -11.4. The van der Waals surface area contributed by atoms with Gasteiger partial charge in [-0.1, -0.05) is 13.8 Å². The van der Waals surface area contributed by atoms with E-state index in [1.165, 1.54) is 45.8 Å². The van der Waals surface area contributed by atoms with E-state index in [9.17, 15) is 67.7 Å². The zero-order chi connectivity index (χ0) is 54.8. The first-order valence-corrected chi connectivity index (χ1v) is 23.2. The Labute approximate surface area is 418 Å². The van der Waals surface area contributed by atoms with Crippen molar-refractivity contribution >= 4 is 70.9 Å².